The third kappa shape index (κ3) is 5.77. The Morgan fingerprint density at radius 2 is 1.95 bits per heavy atom. The van der Waals surface area contributed by atoms with Crippen molar-refractivity contribution in [3.05, 3.63) is 57.1 Å². The molecule has 2 saturated heterocycles. The first-order chi connectivity index (χ1) is 18.4. The number of likely N-dealkylation sites (N-methyl/N-ethyl adjacent to an activating group) is 1. The van der Waals surface area contributed by atoms with E-state index in [0.717, 1.165) is 74.4 Å². The Labute approximate surface area is 226 Å². The number of carbonyl (C=O) groups is 1. The zero-order chi connectivity index (χ0) is 26.6. The molecule has 0 spiro atoms. The van der Waals surface area contributed by atoms with Gasteiger partial charge in [0.05, 0.1) is 35.6 Å². The number of ether oxygens (including phenoxy) is 2. The second-order valence-corrected chi connectivity index (χ2v) is 10.1. The Kier molecular flexibility index (Phi) is 8.11. The van der Waals surface area contributed by atoms with Gasteiger partial charge in [-0.25, -0.2) is 9.97 Å². The molecule has 38 heavy (non-hydrogen) atoms. The molecule has 0 atom stereocenters. The van der Waals surface area contributed by atoms with Gasteiger partial charge in [0, 0.05) is 58.1 Å². The second kappa shape index (κ2) is 11.7. The molecule has 2 aromatic heterocycles. The van der Waals surface area contributed by atoms with Gasteiger partial charge in [0.1, 0.15) is 0 Å². The van der Waals surface area contributed by atoms with Crippen molar-refractivity contribution in [1.29, 1.82) is 0 Å². The van der Waals surface area contributed by atoms with E-state index in [0.29, 0.717) is 23.4 Å². The van der Waals surface area contributed by atoms with Crippen molar-refractivity contribution in [2.45, 2.75) is 25.3 Å². The Hall–Kier alpha value is -3.21. The number of morpholine rings is 1. The summed E-state index contributed by atoms with van der Waals surface area (Å²) in [6.45, 7) is 5.25. The van der Waals surface area contributed by atoms with Gasteiger partial charge in [-0.05, 0) is 36.6 Å². The minimum atomic E-state index is -0.305. The van der Waals surface area contributed by atoms with Gasteiger partial charge in [0.25, 0.3) is 11.5 Å². The maximum atomic E-state index is 12.7. The number of nitrogens with zero attached hydrogens (tertiary/aromatic N) is 5. The first kappa shape index (κ1) is 26.4. The number of aromatic nitrogens is 3. The molecule has 11 heteroatoms. The first-order valence-electron chi connectivity index (χ1n) is 13.0. The predicted molar refractivity (Wildman–Crippen MR) is 146 cm³/mol. The number of amides is 1. The number of hydrogen-bond acceptors (Lipinski definition) is 8. The van der Waals surface area contributed by atoms with Gasteiger partial charge in [0.2, 0.25) is 5.95 Å². The highest BCUT2D eigenvalue weighted by molar-refractivity contribution is 6.31. The molecule has 2 aliphatic rings. The molecule has 0 aliphatic carbocycles. The molecule has 10 nitrogen and oxygen atoms in total. The molecule has 0 saturated carbocycles. The average Bonchev–Trinajstić information content (AvgIpc) is 2.95. The summed E-state index contributed by atoms with van der Waals surface area (Å²) in [4.78, 5) is 38.4. The van der Waals surface area contributed by atoms with Crippen molar-refractivity contribution in [2.24, 2.45) is 7.05 Å². The molecule has 0 bridgehead atoms. The van der Waals surface area contributed by atoms with E-state index in [1.165, 1.54) is 11.6 Å². The lowest BCUT2D eigenvalue weighted by molar-refractivity contribution is -0.122. The van der Waals surface area contributed by atoms with E-state index in [1.54, 1.807) is 19.3 Å². The zero-order valence-corrected chi connectivity index (χ0v) is 22.5. The van der Waals surface area contributed by atoms with Crippen LogP contribution in [-0.4, -0.2) is 84.4 Å². The molecule has 202 valence electrons. The molecule has 3 aromatic rings. The molecule has 1 N–H and O–H groups in total. The van der Waals surface area contributed by atoms with Crippen LogP contribution in [0.3, 0.4) is 0 Å². The maximum absolute atomic E-state index is 12.7. The molecule has 4 heterocycles. The topological polar surface area (TPSA) is 102 Å². The Bertz CT molecular complexity index is 1370. The Morgan fingerprint density at radius 1 is 1.18 bits per heavy atom. The lowest BCUT2D eigenvalue weighted by Gasteiger charge is -2.40. The normalized spacial score (nSPS) is 17.1. The van der Waals surface area contributed by atoms with Crippen LogP contribution in [0.2, 0.25) is 5.02 Å². The molecule has 2 fully saturated rings. The van der Waals surface area contributed by atoms with Crippen LogP contribution < -0.4 is 20.5 Å². The molecule has 0 unspecified atom stereocenters. The number of anilines is 1. The van der Waals surface area contributed by atoms with E-state index in [9.17, 15) is 9.59 Å². The fraction of sp³-hybridized carbons (Fsp3) is 0.481. The summed E-state index contributed by atoms with van der Waals surface area (Å²) in [5.41, 5.74) is 2.22. The fourth-order valence-corrected chi connectivity index (χ4v) is 5.32. The monoisotopic (exact) mass is 540 g/mol. The predicted octanol–water partition coefficient (Wildman–Crippen LogP) is 2.00. The smallest absolute Gasteiger partial charge is 0.293 e. The maximum Gasteiger partial charge on any atom is 0.293 e. The zero-order valence-electron chi connectivity index (χ0n) is 21.8. The highest BCUT2D eigenvalue weighted by Crippen LogP contribution is 2.25. The van der Waals surface area contributed by atoms with Gasteiger partial charge in [-0.3, -0.25) is 14.5 Å². The lowest BCUT2D eigenvalue weighted by atomic mass is 10.0. The number of rotatable bonds is 7. The summed E-state index contributed by atoms with van der Waals surface area (Å²) in [5, 5.41) is 3.83. The van der Waals surface area contributed by atoms with Crippen LogP contribution in [0.4, 0.5) is 5.95 Å². The molecule has 2 aliphatic heterocycles. The number of carbonyl (C=O) groups excluding carboxylic acids is 1. The summed E-state index contributed by atoms with van der Waals surface area (Å²) >= 11 is 6.52. The van der Waals surface area contributed by atoms with Crippen LogP contribution in [0.1, 0.15) is 24.1 Å². The molecule has 0 radical (unpaired) electrons. The molecule has 1 aromatic carbocycles. The number of benzene rings is 1. The quantitative estimate of drug-likeness (QED) is 0.485. The molecular weight excluding hydrogens is 508 g/mol. The van der Waals surface area contributed by atoms with Gasteiger partial charge in [-0.1, -0.05) is 17.7 Å². The summed E-state index contributed by atoms with van der Waals surface area (Å²) in [7, 11) is 3.21. The SMILES string of the molecule is CNC(=O)COc1cc2cc(Cc3nc(N4CCC(N5CCOCC5)CC4)ncc3Cl)ccc2n(C)c1=O. The average molecular weight is 541 g/mol. The van der Waals surface area contributed by atoms with Crippen molar-refractivity contribution >= 4 is 34.4 Å². The Balaban J connectivity index is 1.32. The first-order valence-corrected chi connectivity index (χ1v) is 13.3. The van der Waals surface area contributed by atoms with Gasteiger partial charge in [-0.15, -0.1) is 0 Å². The minimum absolute atomic E-state index is 0.128. The van der Waals surface area contributed by atoms with Crippen LogP contribution >= 0.6 is 11.6 Å². The van der Waals surface area contributed by atoms with Crippen LogP contribution in [0.15, 0.2) is 35.3 Å². The summed E-state index contributed by atoms with van der Waals surface area (Å²) in [5.74, 6) is 0.530. The number of aryl methyl sites for hydroxylation is 1. The van der Waals surface area contributed by atoms with Crippen molar-refractivity contribution in [2.75, 3.05) is 57.9 Å². The van der Waals surface area contributed by atoms with Crippen molar-refractivity contribution < 1.29 is 14.3 Å². The number of fused-ring (bicyclic) bond motifs is 1. The van der Waals surface area contributed by atoms with E-state index in [2.05, 4.69) is 20.1 Å². The third-order valence-electron chi connectivity index (χ3n) is 7.38. The largest absolute Gasteiger partial charge is 0.478 e. The number of pyridine rings is 1. The van der Waals surface area contributed by atoms with Crippen molar-refractivity contribution in [3.8, 4) is 5.75 Å². The van der Waals surface area contributed by atoms with Crippen molar-refractivity contribution in [3.63, 3.8) is 0 Å². The van der Waals surface area contributed by atoms with Gasteiger partial charge in [0.15, 0.2) is 12.4 Å². The molecule has 5 rings (SSSR count). The van der Waals surface area contributed by atoms with E-state index >= 15 is 0 Å². The molecule has 1 amide bonds. The van der Waals surface area contributed by atoms with Crippen LogP contribution in [0.5, 0.6) is 5.75 Å². The van der Waals surface area contributed by atoms with Crippen LogP contribution in [0, 0.1) is 0 Å². The number of piperidine rings is 1. The highest BCUT2D eigenvalue weighted by atomic mass is 35.5. The van der Waals surface area contributed by atoms with E-state index < -0.39 is 0 Å². The lowest BCUT2D eigenvalue weighted by Crippen LogP contribution is -2.49. The highest BCUT2D eigenvalue weighted by Gasteiger charge is 2.27. The summed E-state index contributed by atoms with van der Waals surface area (Å²) < 4.78 is 12.5. The number of halogens is 1. The summed E-state index contributed by atoms with van der Waals surface area (Å²) in [6, 6.07) is 8.13. The van der Waals surface area contributed by atoms with E-state index in [-0.39, 0.29) is 23.8 Å². The van der Waals surface area contributed by atoms with E-state index in [1.807, 2.05) is 18.2 Å². The Morgan fingerprint density at radius 3 is 2.68 bits per heavy atom. The van der Waals surface area contributed by atoms with Gasteiger partial charge < -0.3 is 24.3 Å². The second-order valence-electron chi connectivity index (χ2n) is 9.74. The van der Waals surface area contributed by atoms with Gasteiger partial charge >= 0.3 is 0 Å². The summed E-state index contributed by atoms with van der Waals surface area (Å²) in [6.07, 6.45) is 4.36. The van der Waals surface area contributed by atoms with E-state index in [4.69, 9.17) is 26.1 Å². The standard InChI is InChI=1S/C27H33ClN6O4/c1-29-25(35)17-38-24-15-19-13-18(3-4-23(19)32(2)26(24)36)14-22-21(28)16-30-27(31-22)34-7-5-20(6-8-34)33-9-11-37-12-10-33/h3-4,13,15-16,20H,5-12,14,17H2,1-2H3,(H,29,35). The third-order valence-corrected chi connectivity index (χ3v) is 7.69. The number of hydrogen-bond donors (Lipinski definition) is 1. The fourth-order valence-electron chi connectivity index (χ4n) is 5.17. The van der Waals surface area contributed by atoms with Crippen molar-refractivity contribution in [1.82, 2.24) is 24.8 Å². The number of nitrogens with one attached hydrogen (secondary N) is 1. The minimum Gasteiger partial charge on any atom is -0.478 e. The van der Waals surface area contributed by atoms with Gasteiger partial charge in [-0.2, -0.15) is 0 Å². The molecular formula is C27H33ClN6O4. The van der Waals surface area contributed by atoms with Crippen LogP contribution in [0.25, 0.3) is 10.9 Å². The van der Waals surface area contributed by atoms with Crippen LogP contribution in [-0.2, 0) is 23.0 Å².